The average molecular weight is 400 g/mol. The molecule has 0 bridgehead atoms. The molecule has 0 unspecified atom stereocenters. The van der Waals surface area contributed by atoms with Crippen LogP contribution in [0.4, 0.5) is 0 Å². The number of hydrogen-bond donors (Lipinski definition) is 2. The van der Waals surface area contributed by atoms with Crippen LogP contribution < -0.4 is 5.43 Å². The third-order valence-corrected chi connectivity index (χ3v) is 4.72. The van der Waals surface area contributed by atoms with Gasteiger partial charge in [-0.2, -0.15) is 5.10 Å². The van der Waals surface area contributed by atoms with Crippen LogP contribution in [0.3, 0.4) is 0 Å². The lowest BCUT2D eigenvalue weighted by atomic mass is 10.0. The third kappa shape index (κ3) is 4.45. The normalized spacial score (nSPS) is 10.9. The van der Waals surface area contributed by atoms with Crippen molar-refractivity contribution in [2.75, 3.05) is 0 Å². The number of carbonyl (C=O) groups is 1. The van der Waals surface area contributed by atoms with Gasteiger partial charge < -0.3 is 4.98 Å². The first-order valence-electron chi connectivity index (χ1n) is 9.13. The minimum absolute atomic E-state index is 0.309. The molecule has 0 saturated heterocycles. The highest BCUT2D eigenvalue weighted by Crippen LogP contribution is 2.29. The number of nitrogens with one attached hydrogen (secondary N) is 2. The molecule has 4 nitrogen and oxygen atoms in total. The Morgan fingerprint density at radius 2 is 1.48 bits per heavy atom. The summed E-state index contributed by atoms with van der Waals surface area (Å²) in [5, 5.41) is 4.73. The Morgan fingerprint density at radius 1 is 0.862 bits per heavy atom. The highest BCUT2D eigenvalue weighted by atomic mass is 35.5. The van der Waals surface area contributed by atoms with Gasteiger partial charge in [-0.25, -0.2) is 5.43 Å². The van der Waals surface area contributed by atoms with Crippen molar-refractivity contribution in [2.24, 2.45) is 5.10 Å². The average Bonchev–Trinajstić information content (AvgIpc) is 3.22. The molecule has 0 saturated carbocycles. The molecular weight excluding hydrogens is 382 g/mol. The number of halogens is 1. The van der Waals surface area contributed by atoms with Crippen LogP contribution >= 0.6 is 11.6 Å². The summed E-state index contributed by atoms with van der Waals surface area (Å²) in [4.78, 5) is 16.1. The summed E-state index contributed by atoms with van der Waals surface area (Å²) in [5.41, 5.74) is 7.57. The van der Waals surface area contributed by atoms with Gasteiger partial charge in [-0.05, 0) is 34.9 Å². The number of benzene rings is 3. The lowest BCUT2D eigenvalue weighted by Gasteiger charge is -2.03. The van der Waals surface area contributed by atoms with E-state index in [1.807, 2.05) is 78.9 Å². The molecule has 1 aromatic heterocycles. The molecule has 0 aliphatic heterocycles. The molecule has 1 heterocycles. The SMILES string of the molecule is O=C(N/N=C\c1ccc(Cl)cc1)c1[nH]c(-c2ccccc2)cc1-c1ccccc1. The zero-order chi connectivity index (χ0) is 20.1. The topological polar surface area (TPSA) is 57.2 Å². The Labute approximate surface area is 173 Å². The quantitative estimate of drug-likeness (QED) is 0.325. The van der Waals surface area contributed by atoms with Crippen molar-refractivity contribution in [2.45, 2.75) is 0 Å². The monoisotopic (exact) mass is 399 g/mol. The highest BCUT2D eigenvalue weighted by molar-refractivity contribution is 6.30. The van der Waals surface area contributed by atoms with Crippen molar-refractivity contribution in [3.05, 3.63) is 107 Å². The van der Waals surface area contributed by atoms with Crippen LogP contribution in [0, 0.1) is 0 Å². The number of carbonyl (C=O) groups excluding carboxylic acids is 1. The van der Waals surface area contributed by atoms with E-state index >= 15 is 0 Å². The molecule has 2 N–H and O–H groups in total. The van der Waals surface area contributed by atoms with Crippen molar-refractivity contribution < 1.29 is 4.79 Å². The van der Waals surface area contributed by atoms with Gasteiger partial charge in [-0.1, -0.05) is 84.4 Å². The van der Waals surface area contributed by atoms with E-state index in [1.54, 1.807) is 18.3 Å². The van der Waals surface area contributed by atoms with Crippen molar-refractivity contribution in [1.29, 1.82) is 0 Å². The van der Waals surface area contributed by atoms with Gasteiger partial charge >= 0.3 is 0 Å². The zero-order valence-electron chi connectivity index (χ0n) is 15.5. The van der Waals surface area contributed by atoms with Gasteiger partial charge in [0.2, 0.25) is 0 Å². The molecule has 0 aliphatic rings. The second-order valence-corrected chi connectivity index (χ2v) is 6.89. The van der Waals surface area contributed by atoms with Gasteiger partial charge in [0.1, 0.15) is 5.69 Å². The Balaban J connectivity index is 1.63. The van der Waals surface area contributed by atoms with Crippen molar-refractivity contribution >= 4 is 23.7 Å². The number of hydrazone groups is 1. The summed E-state index contributed by atoms with van der Waals surface area (Å²) < 4.78 is 0. The maximum absolute atomic E-state index is 12.9. The summed E-state index contributed by atoms with van der Waals surface area (Å²) in [6.45, 7) is 0. The van der Waals surface area contributed by atoms with Crippen LogP contribution in [-0.2, 0) is 0 Å². The van der Waals surface area contributed by atoms with Crippen LogP contribution in [0.5, 0.6) is 0 Å². The maximum atomic E-state index is 12.9. The molecule has 4 aromatic rings. The van der Waals surface area contributed by atoms with Gasteiger partial charge in [0.05, 0.1) is 6.21 Å². The Bertz CT molecular complexity index is 1130. The van der Waals surface area contributed by atoms with Gasteiger partial charge in [-0.3, -0.25) is 4.79 Å². The first-order chi connectivity index (χ1) is 14.2. The molecule has 1 amide bonds. The highest BCUT2D eigenvalue weighted by Gasteiger charge is 2.17. The van der Waals surface area contributed by atoms with Crippen molar-refractivity contribution in [1.82, 2.24) is 10.4 Å². The van der Waals surface area contributed by atoms with E-state index < -0.39 is 0 Å². The summed E-state index contributed by atoms with van der Waals surface area (Å²) in [6.07, 6.45) is 1.58. The molecule has 29 heavy (non-hydrogen) atoms. The first-order valence-corrected chi connectivity index (χ1v) is 9.51. The van der Waals surface area contributed by atoms with Crippen LogP contribution in [0.15, 0.2) is 96.1 Å². The Hall–Kier alpha value is -3.63. The van der Waals surface area contributed by atoms with Crippen molar-refractivity contribution in [3.63, 3.8) is 0 Å². The summed E-state index contributed by atoms with van der Waals surface area (Å²) in [7, 11) is 0. The second-order valence-electron chi connectivity index (χ2n) is 6.45. The minimum Gasteiger partial charge on any atom is -0.350 e. The van der Waals surface area contributed by atoms with E-state index in [0.29, 0.717) is 10.7 Å². The van der Waals surface area contributed by atoms with Crippen LogP contribution in [0.25, 0.3) is 22.4 Å². The van der Waals surface area contributed by atoms with E-state index in [4.69, 9.17) is 11.6 Å². The Kier molecular flexibility index (Phi) is 5.54. The van der Waals surface area contributed by atoms with E-state index in [0.717, 1.165) is 27.9 Å². The molecule has 0 fully saturated rings. The zero-order valence-corrected chi connectivity index (χ0v) is 16.2. The lowest BCUT2D eigenvalue weighted by molar-refractivity contribution is 0.0951. The summed E-state index contributed by atoms with van der Waals surface area (Å²) >= 11 is 5.89. The molecule has 0 spiro atoms. The fourth-order valence-electron chi connectivity index (χ4n) is 3.02. The van der Waals surface area contributed by atoms with E-state index in [-0.39, 0.29) is 5.91 Å². The molecule has 3 aromatic carbocycles. The fourth-order valence-corrected chi connectivity index (χ4v) is 3.15. The van der Waals surface area contributed by atoms with E-state index in [9.17, 15) is 4.79 Å². The van der Waals surface area contributed by atoms with Gasteiger partial charge in [0.25, 0.3) is 5.91 Å². The fraction of sp³-hybridized carbons (Fsp3) is 0. The number of aromatic amines is 1. The number of H-pyrrole nitrogens is 1. The number of nitrogens with zero attached hydrogens (tertiary/aromatic N) is 1. The lowest BCUT2D eigenvalue weighted by Crippen LogP contribution is -2.18. The summed E-state index contributed by atoms with van der Waals surface area (Å²) in [6, 6.07) is 28.9. The largest absolute Gasteiger partial charge is 0.350 e. The van der Waals surface area contributed by atoms with E-state index in [1.165, 1.54) is 0 Å². The third-order valence-electron chi connectivity index (χ3n) is 4.46. The molecule has 0 radical (unpaired) electrons. The van der Waals surface area contributed by atoms with Gasteiger partial charge in [0, 0.05) is 16.3 Å². The summed E-state index contributed by atoms with van der Waals surface area (Å²) in [5.74, 6) is -0.309. The molecule has 0 atom stereocenters. The standard InChI is InChI=1S/C24H18ClN3O/c25-20-13-11-17(12-14-20)16-26-28-24(29)23-21(18-7-3-1-4-8-18)15-22(27-23)19-9-5-2-6-10-19/h1-16,27H,(H,28,29)/b26-16-. The molecule has 4 rings (SSSR count). The predicted octanol–water partition coefficient (Wildman–Crippen LogP) is 5.77. The predicted molar refractivity (Wildman–Crippen MR) is 118 cm³/mol. The second kappa shape index (κ2) is 8.59. The number of hydrogen-bond acceptors (Lipinski definition) is 2. The van der Waals surface area contributed by atoms with Gasteiger partial charge in [-0.15, -0.1) is 0 Å². The van der Waals surface area contributed by atoms with Crippen LogP contribution in [0.1, 0.15) is 16.1 Å². The smallest absolute Gasteiger partial charge is 0.288 e. The van der Waals surface area contributed by atoms with Crippen molar-refractivity contribution in [3.8, 4) is 22.4 Å². The molecule has 142 valence electrons. The number of amides is 1. The maximum Gasteiger partial charge on any atom is 0.288 e. The molecule has 0 aliphatic carbocycles. The minimum atomic E-state index is -0.309. The molecule has 5 heteroatoms. The first kappa shape index (κ1) is 18.7. The Morgan fingerprint density at radius 3 is 2.14 bits per heavy atom. The molecular formula is C24H18ClN3O. The van der Waals surface area contributed by atoms with E-state index in [2.05, 4.69) is 15.5 Å². The van der Waals surface area contributed by atoms with Crippen LogP contribution in [0.2, 0.25) is 5.02 Å². The number of rotatable bonds is 5. The van der Waals surface area contributed by atoms with Gasteiger partial charge in [0.15, 0.2) is 0 Å². The van der Waals surface area contributed by atoms with Crippen LogP contribution in [-0.4, -0.2) is 17.1 Å². The number of aromatic nitrogens is 1.